The minimum absolute atomic E-state index is 0.787. The third-order valence-corrected chi connectivity index (χ3v) is 4.50. The highest BCUT2D eigenvalue weighted by Crippen LogP contribution is 2.34. The molecule has 0 amide bonds. The van der Waals surface area contributed by atoms with Crippen LogP contribution in [0, 0.1) is 11.8 Å². The van der Waals surface area contributed by atoms with Gasteiger partial charge in [-0.15, -0.1) is 0 Å². The Bertz CT molecular complexity index is 196. The summed E-state index contributed by atoms with van der Waals surface area (Å²) in [4.78, 5) is 0. The van der Waals surface area contributed by atoms with Crippen molar-refractivity contribution in [2.45, 2.75) is 71.3 Å². The van der Waals surface area contributed by atoms with Gasteiger partial charge in [-0.25, -0.2) is 0 Å². The normalized spacial score (nSPS) is 28.5. The molecule has 0 saturated heterocycles. The van der Waals surface area contributed by atoms with Gasteiger partial charge < -0.3 is 10.1 Å². The number of nitrogens with one attached hydrogen (secondary N) is 1. The van der Waals surface area contributed by atoms with Gasteiger partial charge in [-0.3, -0.25) is 0 Å². The van der Waals surface area contributed by atoms with Gasteiger partial charge in [0.05, 0.1) is 0 Å². The first-order valence-electron chi connectivity index (χ1n) is 8.04. The van der Waals surface area contributed by atoms with Crippen LogP contribution in [0.25, 0.3) is 0 Å². The molecule has 0 radical (unpaired) electrons. The topological polar surface area (TPSA) is 21.3 Å². The van der Waals surface area contributed by atoms with Crippen molar-refractivity contribution in [1.29, 1.82) is 0 Å². The fourth-order valence-electron chi connectivity index (χ4n) is 3.30. The maximum Gasteiger partial charge on any atom is 0.0462 e. The summed E-state index contributed by atoms with van der Waals surface area (Å²) >= 11 is 0. The molecular weight excluding hydrogens is 222 g/mol. The molecule has 0 spiro atoms. The Morgan fingerprint density at radius 3 is 2.67 bits per heavy atom. The number of ether oxygens (including phenoxy) is 1. The Labute approximate surface area is 114 Å². The maximum absolute atomic E-state index is 5.15. The SMILES string of the molecule is CCCNC1CCC(CC)CC1CCCCOC. The van der Waals surface area contributed by atoms with Crippen molar-refractivity contribution in [3.63, 3.8) is 0 Å². The average Bonchev–Trinajstić information content (AvgIpc) is 2.42. The van der Waals surface area contributed by atoms with E-state index in [1.54, 1.807) is 7.11 Å². The van der Waals surface area contributed by atoms with Crippen LogP contribution < -0.4 is 5.32 Å². The smallest absolute Gasteiger partial charge is 0.0462 e. The molecule has 1 aliphatic carbocycles. The van der Waals surface area contributed by atoms with Crippen LogP contribution in [-0.4, -0.2) is 26.3 Å². The molecule has 3 unspecified atom stereocenters. The Hall–Kier alpha value is -0.0800. The van der Waals surface area contributed by atoms with E-state index < -0.39 is 0 Å². The molecule has 2 heteroatoms. The second-order valence-corrected chi connectivity index (χ2v) is 5.90. The summed E-state index contributed by atoms with van der Waals surface area (Å²) in [6.07, 6.45) is 10.9. The summed E-state index contributed by atoms with van der Waals surface area (Å²) in [5.41, 5.74) is 0. The molecule has 0 bridgehead atoms. The third kappa shape index (κ3) is 5.71. The molecule has 1 fully saturated rings. The van der Waals surface area contributed by atoms with E-state index in [0.29, 0.717) is 0 Å². The molecule has 108 valence electrons. The van der Waals surface area contributed by atoms with Gasteiger partial charge in [-0.2, -0.15) is 0 Å². The van der Waals surface area contributed by atoms with Crippen molar-refractivity contribution in [2.75, 3.05) is 20.3 Å². The van der Waals surface area contributed by atoms with E-state index in [4.69, 9.17) is 4.74 Å². The lowest BCUT2D eigenvalue weighted by atomic mass is 9.75. The molecule has 2 nitrogen and oxygen atoms in total. The summed E-state index contributed by atoms with van der Waals surface area (Å²) < 4.78 is 5.15. The molecule has 1 saturated carbocycles. The lowest BCUT2D eigenvalue weighted by molar-refractivity contribution is 0.168. The van der Waals surface area contributed by atoms with E-state index in [1.807, 2.05) is 0 Å². The van der Waals surface area contributed by atoms with Crippen LogP contribution in [0.4, 0.5) is 0 Å². The van der Waals surface area contributed by atoms with Gasteiger partial charge in [0.25, 0.3) is 0 Å². The Balaban J connectivity index is 2.33. The van der Waals surface area contributed by atoms with E-state index in [0.717, 1.165) is 24.5 Å². The fraction of sp³-hybridized carbons (Fsp3) is 1.00. The van der Waals surface area contributed by atoms with Crippen LogP contribution in [0.2, 0.25) is 0 Å². The molecular formula is C16H33NO. The predicted octanol–water partition coefficient (Wildman–Crippen LogP) is 4.00. The molecule has 1 rings (SSSR count). The Morgan fingerprint density at radius 2 is 2.00 bits per heavy atom. The molecule has 18 heavy (non-hydrogen) atoms. The first-order chi connectivity index (χ1) is 8.81. The van der Waals surface area contributed by atoms with Crippen LogP contribution in [0.1, 0.15) is 65.2 Å². The Morgan fingerprint density at radius 1 is 1.17 bits per heavy atom. The van der Waals surface area contributed by atoms with Crippen molar-refractivity contribution in [3.8, 4) is 0 Å². The van der Waals surface area contributed by atoms with Crippen molar-refractivity contribution in [1.82, 2.24) is 5.32 Å². The van der Waals surface area contributed by atoms with Gasteiger partial charge in [0.2, 0.25) is 0 Å². The van der Waals surface area contributed by atoms with Crippen molar-refractivity contribution < 1.29 is 4.74 Å². The minimum atomic E-state index is 0.787. The second kappa shape index (κ2) is 9.80. The molecule has 0 heterocycles. The van der Waals surface area contributed by atoms with Gasteiger partial charge in [0.1, 0.15) is 0 Å². The van der Waals surface area contributed by atoms with Crippen LogP contribution in [0.5, 0.6) is 0 Å². The molecule has 1 aliphatic rings. The third-order valence-electron chi connectivity index (χ3n) is 4.50. The van der Waals surface area contributed by atoms with Crippen LogP contribution in [0.3, 0.4) is 0 Å². The molecule has 0 aromatic heterocycles. The highest BCUT2D eigenvalue weighted by Gasteiger charge is 2.28. The number of unbranched alkanes of at least 4 members (excludes halogenated alkanes) is 1. The van der Waals surface area contributed by atoms with Crippen molar-refractivity contribution >= 4 is 0 Å². The maximum atomic E-state index is 5.15. The van der Waals surface area contributed by atoms with Gasteiger partial charge in [0.15, 0.2) is 0 Å². The van der Waals surface area contributed by atoms with Crippen LogP contribution in [-0.2, 0) is 4.74 Å². The molecule has 3 atom stereocenters. The fourth-order valence-corrected chi connectivity index (χ4v) is 3.30. The minimum Gasteiger partial charge on any atom is -0.385 e. The summed E-state index contributed by atoms with van der Waals surface area (Å²) in [5.74, 6) is 1.89. The quantitative estimate of drug-likeness (QED) is 0.629. The number of methoxy groups -OCH3 is 1. The predicted molar refractivity (Wildman–Crippen MR) is 78.9 cm³/mol. The second-order valence-electron chi connectivity index (χ2n) is 5.90. The summed E-state index contributed by atoms with van der Waals surface area (Å²) in [6, 6.07) is 0.787. The van der Waals surface area contributed by atoms with Gasteiger partial charge in [0, 0.05) is 19.8 Å². The van der Waals surface area contributed by atoms with Gasteiger partial charge in [-0.1, -0.05) is 26.7 Å². The van der Waals surface area contributed by atoms with E-state index in [1.165, 1.54) is 57.9 Å². The number of rotatable bonds is 9. The molecule has 0 aromatic carbocycles. The van der Waals surface area contributed by atoms with E-state index in [9.17, 15) is 0 Å². The number of hydrogen-bond donors (Lipinski definition) is 1. The van der Waals surface area contributed by atoms with Crippen molar-refractivity contribution in [3.05, 3.63) is 0 Å². The largest absolute Gasteiger partial charge is 0.385 e. The monoisotopic (exact) mass is 255 g/mol. The molecule has 0 aromatic rings. The van der Waals surface area contributed by atoms with Crippen molar-refractivity contribution in [2.24, 2.45) is 11.8 Å². The number of hydrogen-bond acceptors (Lipinski definition) is 2. The lowest BCUT2D eigenvalue weighted by Gasteiger charge is -2.36. The summed E-state index contributed by atoms with van der Waals surface area (Å²) in [7, 11) is 1.80. The van der Waals surface area contributed by atoms with Crippen LogP contribution in [0.15, 0.2) is 0 Å². The highest BCUT2D eigenvalue weighted by atomic mass is 16.5. The summed E-state index contributed by atoms with van der Waals surface area (Å²) in [6.45, 7) is 6.73. The standard InChI is InChI=1S/C16H33NO/c1-4-11-17-16-10-9-14(5-2)13-15(16)8-6-7-12-18-3/h14-17H,4-13H2,1-3H3. The highest BCUT2D eigenvalue weighted by molar-refractivity contribution is 4.84. The van der Waals surface area contributed by atoms with E-state index in [-0.39, 0.29) is 0 Å². The molecule has 1 N–H and O–H groups in total. The summed E-state index contributed by atoms with van der Waals surface area (Å²) in [5, 5.41) is 3.78. The average molecular weight is 255 g/mol. The van der Waals surface area contributed by atoms with E-state index >= 15 is 0 Å². The zero-order valence-electron chi connectivity index (χ0n) is 12.7. The first kappa shape index (κ1) is 16.0. The van der Waals surface area contributed by atoms with Crippen LogP contribution >= 0.6 is 0 Å². The zero-order valence-corrected chi connectivity index (χ0v) is 12.7. The molecule has 0 aliphatic heterocycles. The first-order valence-corrected chi connectivity index (χ1v) is 8.04. The van der Waals surface area contributed by atoms with Gasteiger partial charge >= 0.3 is 0 Å². The Kier molecular flexibility index (Phi) is 8.70. The van der Waals surface area contributed by atoms with Gasteiger partial charge in [-0.05, 0) is 56.9 Å². The van der Waals surface area contributed by atoms with E-state index in [2.05, 4.69) is 19.2 Å². The lowest BCUT2D eigenvalue weighted by Crippen LogP contribution is -2.41. The zero-order chi connectivity index (χ0) is 13.2.